The van der Waals surface area contributed by atoms with Gasteiger partial charge in [0.15, 0.2) is 0 Å². The molecule has 2 spiro atoms. The molecule has 0 bridgehead atoms. The molecule has 4 aliphatic carbocycles. The van der Waals surface area contributed by atoms with E-state index in [4.69, 9.17) is 29.4 Å². The fourth-order valence-corrected chi connectivity index (χ4v) is 12.0. The summed E-state index contributed by atoms with van der Waals surface area (Å²) < 4.78 is 15.2. The SMILES string of the molecule is C[C@@H](c1cc(C(=O)Nc2cccc(C3(Cc4nncn4C)COC3)c2)nc(C2CC2)n1)N1CCC2(CC2)C1.C[C@H](c1cc(C(=O)Nc2cccc(C3(Cc4nncn4C)COC3)c2)nc(C2CC2)n1)N1CCC2(CC2)C1. The molecule has 4 aliphatic heterocycles. The molecule has 8 fully saturated rings. The minimum Gasteiger partial charge on any atom is -0.379 e. The number of nitrogens with one attached hydrogen (secondary N) is 2. The van der Waals surface area contributed by atoms with Crippen molar-refractivity contribution >= 4 is 23.2 Å². The zero-order valence-electron chi connectivity index (χ0n) is 44.4. The van der Waals surface area contributed by atoms with Crippen molar-refractivity contribution in [1.29, 1.82) is 0 Å². The van der Waals surface area contributed by atoms with Gasteiger partial charge in [-0.05, 0) is 150 Å². The van der Waals surface area contributed by atoms with Crippen LogP contribution in [0.2, 0.25) is 0 Å². The summed E-state index contributed by atoms with van der Waals surface area (Å²) in [7, 11) is 3.92. The Balaban J connectivity index is 0.000000146. The first-order valence-corrected chi connectivity index (χ1v) is 27.8. The van der Waals surface area contributed by atoms with E-state index in [2.05, 4.69) is 78.9 Å². The molecule has 4 aromatic heterocycles. The van der Waals surface area contributed by atoms with Gasteiger partial charge in [-0.1, -0.05) is 24.3 Å². The van der Waals surface area contributed by atoms with Crippen molar-refractivity contribution in [1.82, 2.24) is 59.3 Å². The molecule has 0 radical (unpaired) electrons. The number of nitrogens with zero attached hydrogens (tertiary/aromatic N) is 12. The highest BCUT2D eigenvalue weighted by molar-refractivity contribution is 6.03. The van der Waals surface area contributed by atoms with Gasteiger partial charge in [0.25, 0.3) is 11.8 Å². The molecule has 4 saturated carbocycles. The Bertz CT molecular complexity index is 2950. The van der Waals surface area contributed by atoms with E-state index in [0.29, 0.717) is 60.5 Å². The lowest BCUT2D eigenvalue weighted by molar-refractivity contribution is -0.0611. The summed E-state index contributed by atoms with van der Waals surface area (Å²) in [6.45, 7) is 11.4. The normalized spacial score (nSPS) is 22.3. The first-order valence-electron chi connectivity index (χ1n) is 27.8. The van der Waals surface area contributed by atoms with Crippen LogP contribution in [0, 0.1) is 10.8 Å². The van der Waals surface area contributed by atoms with Crippen molar-refractivity contribution in [3.63, 3.8) is 0 Å². The van der Waals surface area contributed by atoms with Gasteiger partial charge in [0.2, 0.25) is 0 Å². The van der Waals surface area contributed by atoms with Gasteiger partial charge in [0.1, 0.15) is 47.3 Å². The number of carbonyl (C=O) groups excluding carboxylic acids is 2. The van der Waals surface area contributed by atoms with Gasteiger partial charge in [-0.2, -0.15) is 0 Å². The standard InChI is InChI=1S/2C29H35N7O2/c2*1-19(36-11-10-28(15-36)8-9-28)23-13-24(33-26(32-23)20-6-7-20)27(37)31-22-5-3-4-21(12-22)29(16-38-17-29)14-25-34-30-18-35(25)2/h2*3-5,12-13,18-20H,6-11,14-17H2,1-2H3,(H,31,37)/t2*19-/m10/s1. The highest BCUT2D eigenvalue weighted by Gasteiger charge is 2.50. The summed E-state index contributed by atoms with van der Waals surface area (Å²) in [5.41, 5.74) is 7.38. The van der Waals surface area contributed by atoms with Gasteiger partial charge < -0.3 is 29.2 Å². The summed E-state index contributed by atoms with van der Waals surface area (Å²) in [5, 5.41) is 22.8. The van der Waals surface area contributed by atoms with Crippen molar-refractivity contribution in [2.75, 3.05) is 63.2 Å². The number of likely N-dealkylation sites (tertiary alicyclic amines) is 2. The van der Waals surface area contributed by atoms with Gasteiger partial charge in [-0.25, -0.2) is 19.9 Å². The smallest absolute Gasteiger partial charge is 0.274 e. The molecular weight excluding hydrogens is 957 g/mol. The Morgan fingerprint density at radius 2 is 1.01 bits per heavy atom. The fourth-order valence-electron chi connectivity index (χ4n) is 12.0. The number of hydrogen-bond donors (Lipinski definition) is 2. The van der Waals surface area contributed by atoms with E-state index < -0.39 is 0 Å². The van der Waals surface area contributed by atoms with Gasteiger partial charge in [0.05, 0.1) is 37.8 Å². The quantitative estimate of drug-likeness (QED) is 0.0963. The van der Waals surface area contributed by atoms with Crippen LogP contribution in [0.1, 0.15) is 169 Å². The molecule has 18 heteroatoms. The number of anilines is 2. The lowest BCUT2D eigenvalue weighted by atomic mass is 9.75. The average Bonchev–Trinajstić information content (AvgIpc) is 4.31. The van der Waals surface area contributed by atoms with E-state index in [1.54, 1.807) is 12.7 Å². The van der Waals surface area contributed by atoms with Gasteiger partial charge in [-0.15, -0.1) is 20.4 Å². The number of ether oxygens (including phenoxy) is 2. The Morgan fingerprint density at radius 3 is 1.34 bits per heavy atom. The van der Waals surface area contributed by atoms with E-state index in [1.807, 2.05) is 59.6 Å². The van der Waals surface area contributed by atoms with Gasteiger partial charge in [0, 0.05) is 86.2 Å². The minimum atomic E-state index is -0.188. The molecule has 76 heavy (non-hydrogen) atoms. The highest BCUT2D eigenvalue weighted by atomic mass is 16.5. The predicted molar refractivity (Wildman–Crippen MR) is 284 cm³/mol. The van der Waals surface area contributed by atoms with Crippen molar-refractivity contribution < 1.29 is 19.1 Å². The van der Waals surface area contributed by atoms with Crippen molar-refractivity contribution in [3.05, 3.63) is 131 Å². The molecule has 2 aromatic carbocycles. The molecule has 6 aromatic rings. The molecular formula is C58H70N14O4. The van der Waals surface area contributed by atoms with Crippen molar-refractivity contribution in [2.24, 2.45) is 24.9 Å². The van der Waals surface area contributed by atoms with Crippen LogP contribution in [0.15, 0.2) is 73.3 Å². The van der Waals surface area contributed by atoms with Crippen LogP contribution >= 0.6 is 0 Å². The first-order chi connectivity index (χ1) is 36.8. The Morgan fingerprint density at radius 1 is 0.592 bits per heavy atom. The number of rotatable bonds is 16. The number of amides is 2. The van der Waals surface area contributed by atoms with Gasteiger partial charge >= 0.3 is 0 Å². The molecule has 2 atom stereocenters. The summed E-state index contributed by atoms with van der Waals surface area (Å²) in [4.78, 5) is 51.4. The molecule has 4 saturated heterocycles. The van der Waals surface area contributed by atoms with E-state index in [-0.39, 0.29) is 34.7 Å². The lowest BCUT2D eigenvalue weighted by Gasteiger charge is -2.41. The largest absolute Gasteiger partial charge is 0.379 e. The molecule has 14 rings (SSSR count). The second-order valence-electron chi connectivity index (χ2n) is 24.1. The van der Waals surface area contributed by atoms with E-state index in [1.165, 1.54) is 38.5 Å². The average molecular weight is 1030 g/mol. The summed E-state index contributed by atoms with van der Waals surface area (Å²) in [6.07, 6.45) is 17.3. The van der Waals surface area contributed by atoms with Crippen molar-refractivity contribution in [3.8, 4) is 0 Å². The highest BCUT2D eigenvalue weighted by Crippen LogP contribution is 2.55. The monoisotopic (exact) mass is 1030 g/mol. The van der Waals surface area contributed by atoms with Crippen LogP contribution < -0.4 is 10.6 Å². The molecule has 2 N–H and O–H groups in total. The molecule has 18 nitrogen and oxygen atoms in total. The molecule has 8 heterocycles. The first kappa shape index (κ1) is 49.2. The Labute approximate surface area is 444 Å². The summed E-state index contributed by atoms with van der Waals surface area (Å²) in [5.74, 6) is 3.87. The topological polar surface area (TPSA) is 196 Å². The number of carbonyl (C=O) groups is 2. The third-order valence-corrected chi connectivity index (χ3v) is 18.3. The van der Waals surface area contributed by atoms with Crippen LogP contribution in [0.5, 0.6) is 0 Å². The van der Waals surface area contributed by atoms with Crippen LogP contribution in [0.25, 0.3) is 0 Å². The number of hydrogen-bond acceptors (Lipinski definition) is 14. The number of aryl methyl sites for hydroxylation is 2. The van der Waals surface area contributed by atoms with Crippen molar-refractivity contribution in [2.45, 2.75) is 126 Å². The maximum absolute atomic E-state index is 13.5. The third kappa shape index (κ3) is 9.97. The zero-order valence-corrected chi connectivity index (χ0v) is 44.4. The Kier molecular flexibility index (Phi) is 12.5. The van der Waals surface area contributed by atoms with Crippen LogP contribution in [-0.4, -0.2) is 124 Å². The molecule has 396 valence electrons. The summed E-state index contributed by atoms with van der Waals surface area (Å²) >= 11 is 0. The molecule has 8 aliphatic rings. The zero-order chi connectivity index (χ0) is 51.8. The van der Waals surface area contributed by atoms with Gasteiger partial charge in [-0.3, -0.25) is 19.4 Å². The lowest BCUT2D eigenvalue weighted by Crippen LogP contribution is -2.49. The van der Waals surface area contributed by atoms with Crippen LogP contribution in [0.4, 0.5) is 11.4 Å². The van der Waals surface area contributed by atoms with E-state index in [0.717, 1.165) is 122 Å². The fraction of sp³-hybridized carbons (Fsp3) is 0.552. The van der Waals surface area contributed by atoms with E-state index >= 15 is 0 Å². The third-order valence-electron chi connectivity index (χ3n) is 18.3. The Hall–Kier alpha value is -6.34. The van der Waals surface area contributed by atoms with E-state index in [9.17, 15) is 9.59 Å². The van der Waals surface area contributed by atoms with Crippen LogP contribution in [-0.2, 0) is 47.2 Å². The maximum Gasteiger partial charge on any atom is 0.274 e. The number of aromatic nitrogens is 10. The maximum atomic E-state index is 13.5. The second-order valence-corrected chi connectivity index (χ2v) is 24.1. The molecule has 0 unspecified atom stereocenters. The summed E-state index contributed by atoms with van der Waals surface area (Å²) in [6, 6.07) is 20.4. The number of benzene rings is 2. The van der Waals surface area contributed by atoms with Crippen LogP contribution in [0.3, 0.4) is 0 Å². The minimum absolute atomic E-state index is 0.174. The molecule has 2 amide bonds. The second kappa shape index (κ2) is 19.3. The predicted octanol–water partition coefficient (Wildman–Crippen LogP) is 7.58.